The average Bonchev–Trinajstić information content (AvgIpc) is 3.78. The Hall–Kier alpha value is -6.84. The Morgan fingerprint density at radius 1 is 0.314 bits per heavy atom. The maximum atomic E-state index is 6.44. The normalized spacial score (nSPS) is 11.5. The van der Waals surface area contributed by atoms with Gasteiger partial charge >= 0.3 is 0 Å². The van der Waals surface area contributed by atoms with E-state index in [0.717, 1.165) is 61.3 Å². The second-order valence-electron chi connectivity index (χ2n) is 13.0. The lowest BCUT2D eigenvalue weighted by atomic mass is 9.97. The minimum atomic E-state index is 0.839. The van der Waals surface area contributed by atoms with Crippen molar-refractivity contribution in [2.24, 2.45) is 0 Å². The lowest BCUT2D eigenvalue weighted by Crippen LogP contribution is -2.10. The van der Waals surface area contributed by atoms with E-state index in [2.05, 4.69) is 175 Å². The van der Waals surface area contributed by atoms with Gasteiger partial charge in [0.25, 0.3) is 0 Å². The summed E-state index contributed by atoms with van der Waals surface area (Å²) in [4.78, 5) is 2.33. The topological polar surface area (TPSA) is 29.5 Å². The predicted octanol–water partition coefficient (Wildman–Crippen LogP) is 14.0. The van der Waals surface area contributed by atoms with Gasteiger partial charge < -0.3 is 13.7 Å². The fraction of sp³-hybridized carbons (Fsp3) is 0. The van der Waals surface area contributed by atoms with Crippen LogP contribution in [0.15, 0.2) is 197 Å². The average molecular weight is 654 g/mol. The van der Waals surface area contributed by atoms with Gasteiger partial charge in [-0.3, -0.25) is 0 Å². The van der Waals surface area contributed by atoms with E-state index in [1.807, 2.05) is 18.2 Å². The second-order valence-corrected chi connectivity index (χ2v) is 13.0. The number of hydrogen-bond donors (Lipinski definition) is 0. The van der Waals surface area contributed by atoms with E-state index < -0.39 is 0 Å². The van der Waals surface area contributed by atoms with Gasteiger partial charge in [0, 0.05) is 38.8 Å². The Balaban J connectivity index is 1.13. The van der Waals surface area contributed by atoms with Crippen LogP contribution in [0.25, 0.3) is 77.3 Å². The standard InChI is InChI=1S/C48H31NO2/c1-3-11-32(12-4-1)33-21-23-38(24-22-33)49(39-18-9-17-36(27-39)42-20-10-16-34-13-7-8-19-41(34)42)40-25-26-45-43(30-40)44-31-47-37(29-48(44)50-45)28-46(51-47)35-14-5-2-6-15-35/h1-31H. The van der Waals surface area contributed by atoms with Crippen molar-refractivity contribution in [2.45, 2.75) is 0 Å². The van der Waals surface area contributed by atoms with E-state index >= 15 is 0 Å². The molecule has 10 aromatic rings. The first kappa shape index (κ1) is 29.1. The van der Waals surface area contributed by atoms with Gasteiger partial charge in [-0.2, -0.15) is 0 Å². The number of nitrogens with zero attached hydrogens (tertiary/aromatic N) is 1. The van der Waals surface area contributed by atoms with E-state index in [4.69, 9.17) is 8.83 Å². The molecule has 0 aliphatic rings. The molecule has 0 unspecified atom stereocenters. The van der Waals surface area contributed by atoms with Crippen LogP contribution < -0.4 is 4.90 Å². The Morgan fingerprint density at radius 2 is 0.961 bits per heavy atom. The van der Waals surface area contributed by atoms with Gasteiger partial charge in [-0.05, 0) is 93.7 Å². The zero-order valence-corrected chi connectivity index (χ0v) is 27.7. The zero-order chi connectivity index (χ0) is 33.7. The predicted molar refractivity (Wildman–Crippen MR) is 212 cm³/mol. The van der Waals surface area contributed by atoms with Crippen LogP contribution in [0.1, 0.15) is 0 Å². The molecule has 0 atom stereocenters. The van der Waals surface area contributed by atoms with Gasteiger partial charge in [-0.25, -0.2) is 0 Å². The van der Waals surface area contributed by atoms with Gasteiger partial charge in [0.1, 0.15) is 22.5 Å². The van der Waals surface area contributed by atoms with Crippen molar-refractivity contribution in [3.8, 4) is 33.6 Å². The number of fused-ring (bicyclic) bond motifs is 5. The highest BCUT2D eigenvalue weighted by Crippen LogP contribution is 2.42. The second kappa shape index (κ2) is 11.9. The third-order valence-corrected chi connectivity index (χ3v) is 9.85. The zero-order valence-electron chi connectivity index (χ0n) is 27.7. The molecule has 0 radical (unpaired) electrons. The first-order valence-electron chi connectivity index (χ1n) is 17.2. The molecule has 2 heterocycles. The number of furan rings is 2. The Morgan fingerprint density at radius 3 is 1.80 bits per heavy atom. The molecule has 10 rings (SSSR count). The maximum absolute atomic E-state index is 6.44. The fourth-order valence-corrected chi connectivity index (χ4v) is 7.35. The quantitative estimate of drug-likeness (QED) is 0.179. The molecule has 0 N–H and O–H groups in total. The van der Waals surface area contributed by atoms with Crippen molar-refractivity contribution >= 4 is 60.7 Å². The van der Waals surface area contributed by atoms with Gasteiger partial charge in [0.05, 0.1) is 0 Å². The van der Waals surface area contributed by atoms with Crippen molar-refractivity contribution < 1.29 is 8.83 Å². The first-order valence-corrected chi connectivity index (χ1v) is 17.2. The highest BCUT2D eigenvalue weighted by atomic mass is 16.3. The third-order valence-electron chi connectivity index (χ3n) is 9.85. The summed E-state index contributed by atoms with van der Waals surface area (Å²) in [7, 11) is 0. The molecule has 0 aliphatic heterocycles. The summed E-state index contributed by atoms with van der Waals surface area (Å²) in [5.41, 5.74) is 11.5. The Labute approximate surface area is 295 Å². The molecule has 0 saturated heterocycles. The molecule has 3 nitrogen and oxygen atoms in total. The first-order chi connectivity index (χ1) is 25.2. The largest absolute Gasteiger partial charge is 0.456 e. The van der Waals surface area contributed by atoms with E-state index in [1.54, 1.807) is 0 Å². The molecule has 0 spiro atoms. The van der Waals surface area contributed by atoms with Crippen molar-refractivity contribution in [1.29, 1.82) is 0 Å². The summed E-state index contributed by atoms with van der Waals surface area (Å²) in [5, 5.41) is 5.55. The minimum Gasteiger partial charge on any atom is -0.456 e. The number of hydrogen-bond acceptors (Lipinski definition) is 3. The lowest BCUT2D eigenvalue weighted by Gasteiger charge is -2.26. The Bertz CT molecular complexity index is 2840. The molecule has 0 bridgehead atoms. The van der Waals surface area contributed by atoms with Crippen molar-refractivity contribution in [1.82, 2.24) is 0 Å². The molecular weight excluding hydrogens is 623 g/mol. The van der Waals surface area contributed by atoms with Gasteiger partial charge in [0.15, 0.2) is 0 Å². The van der Waals surface area contributed by atoms with Gasteiger partial charge in [-0.15, -0.1) is 0 Å². The summed E-state index contributed by atoms with van der Waals surface area (Å²) in [5.74, 6) is 0.847. The van der Waals surface area contributed by atoms with Crippen molar-refractivity contribution in [3.05, 3.63) is 188 Å². The molecule has 0 aliphatic carbocycles. The SMILES string of the molecule is c1ccc(-c2ccc(N(c3cccc(-c4cccc5ccccc45)c3)c3ccc4oc5cc6cc(-c7ccccc7)oc6cc5c4c3)cc2)cc1. The van der Waals surface area contributed by atoms with Crippen molar-refractivity contribution in [3.63, 3.8) is 0 Å². The van der Waals surface area contributed by atoms with E-state index in [1.165, 1.54) is 33.0 Å². The molecule has 0 fully saturated rings. The number of rotatable bonds is 6. The van der Waals surface area contributed by atoms with Gasteiger partial charge in [-0.1, -0.05) is 127 Å². The van der Waals surface area contributed by atoms with Crippen molar-refractivity contribution in [2.75, 3.05) is 4.90 Å². The molecule has 8 aromatic carbocycles. The highest BCUT2D eigenvalue weighted by Gasteiger charge is 2.18. The molecule has 51 heavy (non-hydrogen) atoms. The number of anilines is 3. The van der Waals surface area contributed by atoms with E-state index in [0.29, 0.717) is 0 Å². The van der Waals surface area contributed by atoms with Crippen LogP contribution in [0.3, 0.4) is 0 Å². The monoisotopic (exact) mass is 653 g/mol. The van der Waals surface area contributed by atoms with Crippen LogP contribution in [0.5, 0.6) is 0 Å². The van der Waals surface area contributed by atoms with Crippen LogP contribution in [0, 0.1) is 0 Å². The van der Waals surface area contributed by atoms with E-state index in [9.17, 15) is 0 Å². The summed E-state index contributed by atoms with van der Waals surface area (Å²) < 4.78 is 12.8. The minimum absolute atomic E-state index is 0.839. The van der Waals surface area contributed by atoms with Crippen LogP contribution in [0.4, 0.5) is 17.1 Å². The van der Waals surface area contributed by atoms with Crippen LogP contribution in [-0.4, -0.2) is 0 Å². The third kappa shape index (κ3) is 5.15. The number of benzene rings is 8. The van der Waals surface area contributed by atoms with Gasteiger partial charge in [0.2, 0.25) is 0 Å². The lowest BCUT2D eigenvalue weighted by molar-refractivity contribution is 0.631. The molecule has 0 amide bonds. The summed E-state index contributed by atoms with van der Waals surface area (Å²) in [6.07, 6.45) is 0. The molecular formula is C48H31NO2. The molecule has 3 heteroatoms. The maximum Gasteiger partial charge on any atom is 0.136 e. The highest BCUT2D eigenvalue weighted by molar-refractivity contribution is 6.11. The Kier molecular flexibility index (Phi) is 6.81. The fourth-order valence-electron chi connectivity index (χ4n) is 7.35. The molecule has 240 valence electrons. The summed E-state index contributed by atoms with van der Waals surface area (Å²) in [6, 6.07) is 66.3. The van der Waals surface area contributed by atoms with Crippen LogP contribution in [0.2, 0.25) is 0 Å². The van der Waals surface area contributed by atoms with E-state index in [-0.39, 0.29) is 0 Å². The van der Waals surface area contributed by atoms with Crippen LogP contribution >= 0.6 is 0 Å². The summed E-state index contributed by atoms with van der Waals surface area (Å²) in [6.45, 7) is 0. The summed E-state index contributed by atoms with van der Waals surface area (Å²) >= 11 is 0. The smallest absolute Gasteiger partial charge is 0.136 e. The molecule has 2 aromatic heterocycles. The van der Waals surface area contributed by atoms with Crippen LogP contribution in [-0.2, 0) is 0 Å². The molecule has 0 saturated carbocycles.